The lowest BCUT2D eigenvalue weighted by Gasteiger charge is -2.03. The topological polar surface area (TPSA) is 97.8 Å². The minimum atomic E-state index is -0.530. The Hall–Kier alpha value is -1.78. The molecule has 1 aromatic rings. The third-order valence-electron chi connectivity index (χ3n) is 1.45. The Morgan fingerprint density at radius 3 is 2.75 bits per heavy atom. The van der Waals surface area contributed by atoms with Crippen LogP contribution in [0.15, 0.2) is 17.4 Å². The summed E-state index contributed by atoms with van der Waals surface area (Å²) in [4.78, 5) is 16.6. The largest absolute Gasteiger partial charge is 0.385 e. The van der Waals surface area contributed by atoms with Crippen LogP contribution < -0.4 is 17.2 Å². The second-order valence-electron chi connectivity index (χ2n) is 2.31. The van der Waals surface area contributed by atoms with Gasteiger partial charge in [0.2, 0.25) is 0 Å². The van der Waals surface area contributed by atoms with Crippen LogP contribution in [-0.4, -0.2) is 9.97 Å². The van der Waals surface area contributed by atoms with Gasteiger partial charge < -0.3 is 11.5 Å². The molecule has 0 aromatic carbocycles. The van der Waals surface area contributed by atoms with E-state index in [4.69, 9.17) is 11.5 Å². The van der Waals surface area contributed by atoms with Crippen molar-refractivity contribution in [3.05, 3.63) is 28.7 Å². The van der Waals surface area contributed by atoms with Crippen LogP contribution in [0.3, 0.4) is 0 Å². The number of hydrogen-bond acceptors (Lipinski definition) is 4. The molecule has 5 nitrogen and oxygen atoms in total. The van der Waals surface area contributed by atoms with Gasteiger partial charge in [-0.25, -0.2) is 4.79 Å². The van der Waals surface area contributed by atoms with Gasteiger partial charge in [-0.05, 0) is 6.42 Å². The van der Waals surface area contributed by atoms with Crippen molar-refractivity contribution in [3.63, 3.8) is 0 Å². The van der Waals surface area contributed by atoms with Crippen LogP contribution in [0.1, 0.15) is 5.56 Å². The number of nitrogens with zero attached hydrogens (tertiary/aromatic N) is 1. The number of nitrogens with two attached hydrogens (primary N) is 2. The van der Waals surface area contributed by atoms with Gasteiger partial charge >= 0.3 is 5.69 Å². The van der Waals surface area contributed by atoms with E-state index in [0.717, 1.165) is 0 Å². The van der Waals surface area contributed by atoms with Crippen LogP contribution in [0.5, 0.6) is 0 Å². The normalized spacial score (nSPS) is 9.67. The summed E-state index contributed by atoms with van der Waals surface area (Å²) in [7, 11) is 0. The molecule has 5 heteroatoms. The van der Waals surface area contributed by atoms with Crippen LogP contribution in [0, 0.1) is 0 Å². The molecule has 0 aliphatic heterocycles. The van der Waals surface area contributed by atoms with E-state index in [9.17, 15) is 4.79 Å². The SMILES string of the molecule is C=CCc1c(N)nc(=O)[nH]c1N. The summed E-state index contributed by atoms with van der Waals surface area (Å²) in [6.45, 7) is 3.53. The summed E-state index contributed by atoms with van der Waals surface area (Å²) in [5.41, 5.74) is 11.0. The lowest BCUT2D eigenvalue weighted by Crippen LogP contribution is -2.17. The van der Waals surface area contributed by atoms with Crippen LogP contribution in [0.2, 0.25) is 0 Å². The third kappa shape index (κ3) is 1.45. The van der Waals surface area contributed by atoms with Gasteiger partial charge in [0.25, 0.3) is 0 Å². The van der Waals surface area contributed by atoms with Gasteiger partial charge in [0.1, 0.15) is 11.6 Å². The van der Waals surface area contributed by atoms with E-state index < -0.39 is 5.69 Å². The molecule has 0 saturated carbocycles. The highest BCUT2D eigenvalue weighted by Crippen LogP contribution is 2.12. The second kappa shape index (κ2) is 3.08. The zero-order chi connectivity index (χ0) is 9.14. The smallest absolute Gasteiger partial charge is 0.348 e. The molecular formula is C7H10N4O. The molecule has 0 amide bonds. The molecule has 64 valence electrons. The van der Waals surface area contributed by atoms with Gasteiger partial charge in [0, 0.05) is 5.56 Å². The zero-order valence-corrected chi connectivity index (χ0v) is 6.50. The maximum absolute atomic E-state index is 10.7. The number of aromatic nitrogens is 2. The van der Waals surface area contributed by atoms with Gasteiger partial charge in [-0.2, -0.15) is 4.98 Å². The number of nitrogens with one attached hydrogen (secondary N) is 1. The first kappa shape index (κ1) is 8.32. The minimum absolute atomic E-state index is 0.163. The summed E-state index contributed by atoms with van der Waals surface area (Å²) in [6.07, 6.45) is 2.14. The summed E-state index contributed by atoms with van der Waals surface area (Å²) < 4.78 is 0. The molecule has 0 spiro atoms. The zero-order valence-electron chi connectivity index (χ0n) is 6.50. The lowest BCUT2D eigenvalue weighted by molar-refractivity contribution is 1.05. The fourth-order valence-corrected chi connectivity index (χ4v) is 0.892. The molecule has 0 aliphatic rings. The van der Waals surface area contributed by atoms with Crippen molar-refractivity contribution in [2.75, 3.05) is 11.5 Å². The Kier molecular flexibility index (Phi) is 2.14. The standard InChI is InChI=1S/C7H10N4O/c1-2-3-4-5(8)10-7(12)11-6(4)9/h2H,1,3H2,(H5,8,9,10,11,12). The van der Waals surface area contributed by atoms with E-state index in [1.165, 1.54) is 0 Å². The predicted octanol–water partition coefficient (Wildman–Crippen LogP) is -0.337. The summed E-state index contributed by atoms with van der Waals surface area (Å²) in [5.74, 6) is 0.420. The molecule has 1 heterocycles. The van der Waals surface area contributed by atoms with Crippen LogP contribution in [0.25, 0.3) is 0 Å². The molecule has 5 N–H and O–H groups in total. The number of anilines is 2. The van der Waals surface area contributed by atoms with Crippen molar-refractivity contribution < 1.29 is 0 Å². The first-order chi connectivity index (χ1) is 5.65. The predicted molar refractivity (Wildman–Crippen MR) is 47.6 cm³/mol. The van der Waals surface area contributed by atoms with Gasteiger partial charge in [-0.1, -0.05) is 6.08 Å². The van der Waals surface area contributed by atoms with E-state index in [0.29, 0.717) is 12.0 Å². The average Bonchev–Trinajstić information content (AvgIpc) is 1.96. The molecule has 0 atom stereocenters. The Labute approximate surface area is 69.1 Å². The van der Waals surface area contributed by atoms with Gasteiger partial charge in [0.05, 0.1) is 0 Å². The molecule has 0 fully saturated rings. The van der Waals surface area contributed by atoms with E-state index in [1.807, 2.05) is 0 Å². The van der Waals surface area contributed by atoms with Crippen molar-refractivity contribution in [2.24, 2.45) is 0 Å². The third-order valence-corrected chi connectivity index (χ3v) is 1.45. The number of rotatable bonds is 2. The second-order valence-corrected chi connectivity index (χ2v) is 2.31. The molecule has 0 aliphatic carbocycles. The fourth-order valence-electron chi connectivity index (χ4n) is 0.892. The van der Waals surface area contributed by atoms with Gasteiger partial charge in [-0.15, -0.1) is 6.58 Å². The molecule has 0 unspecified atom stereocenters. The molecule has 0 radical (unpaired) electrons. The monoisotopic (exact) mass is 166 g/mol. The van der Waals surface area contributed by atoms with E-state index in [2.05, 4.69) is 16.5 Å². The van der Waals surface area contributed by atoms with Gasteiger partial charge in [-0.3, -0.25) is 4.98 Å². The molecule has 0 saturated heterocycles. The van der Waals surface area contributed by atoms with E-state index in [-0.39, 0.29) is 11.6 Å². The summed E-state index contributed by atoms with van der Waals surface area (Å²) >= 11 is 0. The average molecular weight is 166 g/mol. The summed E-state index contributed by atoms with van der Waals surface area (Å²) in [5, 5.41) is 0. The Balaban J connectivity index is 3.27. The number of aromatic amines is 1. The maximum Gasteiger partial charge on any atom is 0.348 e. The van der Waals surface area contributed by atoms with Crippen molar-refractivity contribution in [1.82, 2.24) is 9.97 Å². The molecular weight excluding hydrogens is 156 g/mol. The Bertz CT molecular complexity index is 329. The maximum atomic E-state index is 10.7. The van der Waals surface area contributed by atoms with Crippen molar-refractivity contribution >= 4 is 11.6 Å². The molecule has 0 bridgehead atoms. The van der Waals surface area contributed by atoms with E-state index >= 15 is 0 Å². The first-order valence-corrected chi connectivity index (χ1v) is 3.40. The summed E-state index contributed by atoms with van der Waals surface area (Å²) in [6, 6.07) is 0. The minimum Gasteiger partial charge on any atom is -0.385 e. The highest BCUT2D eigenvalue weighted by molar-refractivity contribution is 5.52. The Morgan fingerprint density at radius 1 is 1.58 bits per heavy atom. The first-order valence-electron chi connectivity index (χ1n) is 3.40. The van der Waals surface area contributed by atoms with Crippen molar-refractivity contribution in [3.8, 4) is 0 Å². The van der Waals surface area contributed by atoms with Crippen LogP contribution >= 0.6 is 0 Å². The number of allylic oxidation sites excluding steroid dienone is 1. The quantitative estimate of drug-likeness (QED) is 0.523. The molecule has 12 heavy (non-hydrogen) atoms. The number of nitrogen functional groups attached to an aromatic ring is 2. The molecule has 1 aromatic heterocycles. The lowest BCUT2D eigenvalue weighted by atomic mass is 10.2. The number of hydrogen-bond donors (Lipinski definition) is 3. The highest BCUT2D eigenvalue weighted by atomic mass is 16.1. The number of H-pyrrole nitrogens is 1. The Morgan fingerprint density at radius 2 is 2.25 bits per heavy atom. The fraction of sp³-hybridized carbons (Fsp3) is 0.143. The van der Waals surface area contributed by atoms with Crippen LogP contribution in [-0.2, 0) is 6.42 Å². The molecule has 1 rings (SSSR count). The van der Waals surface area contributed by atoms with E-state index in [1.54, 1.807) is 6.08 Å². The van der Waals surface area contributed by atoms with Crippen molar-refractivity contribution in [2.45, 2.75) is 6.42 Å². The highest BCUT2D eigenvalue weighted by Gasteiger charge is 2.04. The van der Waals surface area contributed by atoms with Gasteiger partial charge in [0.15, 0.2) is 0 Å². The van der Waals surface area contributed by atoms with Crippen LogP contribution in [0.4, 0.5) is 11.6 Å². The van der Waals surface area contributed by atoms with Crippen molar-refractivity contribution in [1.29, 1.82) is 0 Å².